The molecule has 4 rings (SSSR count). The van der Waals surface area contributed by atoms with E-state index in [1.807, 2.05) is 18.3 Å². The van der Waals surface area contributed by atoms with E-state index in [1.54, 1.807) is 6.07 Å². The number of aromatic nitrogens is 1. The Labute approximate surface area is 117 Å². The number of hydrogen-bond acceptors (Lipinski definition) is 2. The highest BCUT2D eigenvalue weighted by Crippen LogP contribution is 2.56. The maximum Gasteiger partial charge on any atom is 0.168 e. The lowest BCUT2D eigenvalue weighted by Gasteiger charge is -2.04. The zero-order valence-electron chi connectivity index (χ0n) is 11.2. The third kappa shape index (κ3) is 1.61. The molecule has 100 valence electrons. The molecule has 0 radical (unpaired) electrons. The van der Waals surface area contributed by atoms with E-state index in [0.29, 0.717) is 23.2 Å². The van der Waals surface area contributed by atoms with Crippen LogP contribution in [0.2, 0.25) is 0 Å². The fraction of sp³-hybridized carbons (Fsp3) is 0.412. The fourth-order valence-corrected chi connectivity index (χ4v) is 3.96. The predicted octanol–water partition coefficient (Wildman–Crippen LogP) is 3.66. The Hall–Kier alpha value is -2.08. The molecule has 0 saturated heterocycles. The molecule has 2 aliphatic rings. The summed E-state index contributed by atoms with van der Waals surface area (Å²) >= 11 is 0. The molecule has 2 aliphatic carbocycles. The molecule has 20 heavy (non-hydrogen) atoms. The maximum absolute atomic E-state index is 12.7. The molecule has 1 aromatic carbocycles. The molecule has 2 fully saturated rings. The third-order valence-corrected chi connectivity index (χ3v) is 5.04. The molecule has 3 nitrogen and oxygen atoms in total. The number of nitrogens with zero attached hydrogens (tertiary/aromatic N) is 1. The van der Waals surface area contributed by atoms with Crippen molar-refractivity contribution in [3.63, 3.8) is 0 Å². The van der Waals surface area contributed by atoms with E-state index in [2.05, 4.69) is 11.1 Å². The zero-order valence-corrected chi connectivity index (χ0v) is 11.2. The molecule has 2 atom stereocenters. The summed E-state index contributed by atoms with van der Waals surface area (Å²) in [7, 11) is 0. The first-order valence-corrected chi connectivity index (χ1v) is 7.35. The number of aromatic amines is 1. The van der Waals surface area contributed by atoms with Crippen molar-refractivity contribution < 1.29 is 4.79 Å². The summed E-state index contributed by atoms with van der Waals surface area (Å²) in [6.45, 7) is 0. The molecule has 1 N–H and O–H groups in total. The van der Waals surface area contributed by atoms with Crippen molar-refractivity contribution >= 4 is 16.7 Å². The van der Waals surface area contributed by atoms with E-state index in [4.69, 9.17) is 5.26 Å². The number of hydrogen-bond donors (Lipinski definition) is 1. The highest BCUT2D eigenvalue weighted by atomic mass is 16.1. The second-order valence-corrected chi connectivity index (χ2v) is 6.08. The van der Waals surface area contributed by atoms with Crippen molar-refractivity contribution in [3.8, 4) is 6.07 Å². The number of Topliss-reactive ketones (excluding diaryl/α,β-unsaturated/α-hetero) is 1. The highest BCUT2D eigenvalue weighted by molar-refractivity contribution is 6.10. The van der Waals surface area contributed by atoms with Gasteiger partial charge in [-0.25, -0.2) is 0 Å². The van der Waals surface area contributed by atoms with Crippen LogP contribution in [0.25, 0.3) is 10.9 Å². The van der Waals surface area contributed by atoms with Crippen LogP contribution in [-0.4, -0.2) is 10.8 Å². The van der Waals surface area contributed by atoms with Crippen molar-refractivity contribution in [2.24, 2.45) is 17.8 Å². The van der Waals surface area contributed by atoms with E-state index in [-0.39, 0.29) is 5.92 Å². The van der Waals surface area contributed by atoms with E-state index in [0.717, 1.165) is 16.5 Å². The highest BCUT2D eigenvalue weighted by Gasteiger charge is 2.54. The Morgan fingerprint density at radius 3 is 2.70 bits per heavy atom. The van der Waals surface area contributed by atoms with E-state index < -0.39 is 0 Å². The Morgan fingerprint density at radius 2 is 2.00 bits per heavy atom. The van der Waals surface area contributed by atoms with Gasteiger partial charge in [0.2, 0.25) is 0 Å². The van der Waals surface area contributed by atoms with Crippen LogP contribution in [0.1, 0.15) is 41.6 Å². The van der Waals surface area contributed by atoms with Crippen LogP contribution < -0.4 is 0 Å². The summed E-state index contributed by atoms with van der Waals surface area (Å²) < 4.78 is 0. The largest absolute Gasteiger partial charge is 0.360 e. The van der Waals surface area contributed by atoms with Gasteiger partial charge in [-0.1, -0.05) is 18.9 Å². The minimum Gasteiger partial charge on any atom is -0.360 e. The van der Waals surface area contributed by atoms with Crippen LogP contribution in [0.3, 0.4) is 0 Å². The fourth-order valence-electron chi connectivity index (χ4n) is 3.96. The van der Waals surface area contributed by atoms with Gasteiger partial charge in [0.05, 0.1) is 11.6 Å². The third-order valence-electron chi connectivity index (χ3n) is 5.04. The quantitative estimate of drug-likeness (QED) is 0.841. The van der Waals surface area contributed by atoms with Crippen LogP contribution in [0, 0.1) is 29.1 Å². The van der Waals surface area contributed by atoms with Crippen LogP contribution in [0.4, 0.5) is 0 Å². The average Bonchev–Trinajstić information content (AvgIpc) is 3.07. The summed E-state index contributed by atoms with van der Waals surface area (Å²) in [5, 5.41) is 9.88. The van der Waals surface area contributed by atoms with Crippen molar-refractivity contribution in [2.45, 2.75) is 25.7 Å². The number of benzene rings is 1. The maximum atomic E-state index is 12.7. The summed E-state index contributed by atoms with van der Waals surface area (Å²) in [5.41, 5.74) is 2.32. The lowest BCUT2D eigenvalue weighted by Crippen LogP contribution is -2.03. The van der Waals surface area contributed by atoms with Crippen molar-refractivity contribution in [1.82, 2.24) is 4.98 Å². The van der Waals surface area contributed by atoms with Gasteiger partial charge in [-0.2, -0.15) is 5.26 Å². The first kappa shape index (κ1) is 11.7. The van der Waals surface area contributed by atoms with Gasteiger partial charge in [-0.3, -0.25) is 4.79 Å². The van der Waals surface area contributed by atoms with E-state index >= 15 is 0 Å². The van der Waals surface area contributed by atoms with E-state index in [1.165, 1.54) is 25.7 Å². The lowest BCUT2D eigenvalue weighted by molar-refractivity contribution is 0.0958. The van der Waals surface area contributed by atoms with Gasteiger partial charge in [0.1, 0.15) is 0 Å². The predicted molar refractivity (Wildman–Crippen MR) is 76.3 cm³/mol. The SMILES string of the molecule is N#Cc1ccc2c(C(=O)C3C4CCCCC43)c[nH]c2c1. The Morgan fingerprint density at radius 1 is 1.25 bits per heavy atom. The van der Waals surface area contributed by atoms with Gasteiger partial charge in [0.15, 0.2) is 5.78 Å². The summed E-state index contributed by atoms with van der Waals surface area (Å²) in [6, 6.07) is 7.62. The summed E-state index contributed by atoms with van der Waals surface area (Å²) in [6.07, 6.45) is 6.83. The van der Waals surface area contributed by atoms with Crippen molar-refractivity contribution in [2.75, 3.05) is 0 Å². The molecule has 0 amide bonds. The molecule has 2 saturated carbocycles. The van der Waals surface area contributed by atoms with Crippen LogP contribution in [-0.2, 0) is 0 Å². The standard InChI is InChI=1S/C17H16N2O/c18-8-10-5-6-11-14(9-19-15(11)7-10)17(20)16-12-3-1-2-4-13(12)16/h5-7,9,12-13,16,19H,1-4H2. The first-order chi connectivity index (χ1) is 9.79. The number of H-pyrrole nitrogens is 1. The van der Waals surface area contributed by atoms with Crippen LogP contribution >= 0.6 is 0 Å². The second kappa shape index (κ2) is 4.21. The van der Waals surface area contributed by atoms with Gasteiger partial charge in [0.25, 0.3) is 0 Å². The van der Waals surface area contributed by atoms with Crippen LogP contribution in [0.15, 0.2) is 24.4 Å². The van der Waals surface area contributed by atoms with Gasteiger partial charge < -0.3 is 4.98 Å². The minimum absolute atomic E-state index is 0.257. The number of carbonyl (C=O) groups is 1. The molecule has 1 heterocycles. The lowest BCUT2D eigenvalue weighted by atomic mass is 10.0. The molecule has 0 aliphatic heterocycles. The van der Waals surface area contributed by atoms with Gasteiger partial charge >= 0.3 is 0 Å². The molecule has 2 aromatic rings. The van der Waals surface area contributed by atoms with Crippen molar-refractivity contribution in [3.05, 3.63) is 35.5 Å². The number of carbonyl (C=O) groups excluding carboxylic acids is 1. The number of nitriles is 1. The molecule has 1 aromatic heterocycles. The van der Waals surface area contributed by atoms with Gasteiger partial charge in [0, 0.05) is 28.6 Å². The van der Waals surface area contributed by atoms with Crippen molar-refractivity contribution in [1.29, 1.82) is 5.26 Å². The molecule has 2 unspecified atom stereocenters. The van der Waals surface area contributed by atoms with Crippen LogP contribution in [0.5, 0.6) is 0 Å². The summed E-state index contributed by atoms with van der Waals surface area (Å²) in [4.78, 5) is 15.9. The number of rotatable bonds is 2. The topological polar surface area (TPSA) is 56.6 Å². The Balaban J connectivity index is 1.69. The number of nitrogens with one attached hydrogen (secondary N) is 1. The molecule has 3 heteroatoms. The van der Waals surface area contributed by atoms with E-state index in [9.17, 15) is 4.79 Å². The Bertz CT molecular complexity index is 725. The average molecular weight is 264 g/mol. The molecule has 0 spiro atoms. The molecule has 0 bridgehead atoms. The minimum atomic E-state index is 0.257. The normalized spacial score (nSPS) is 27.9. The monoisotopic (exact) mass is 264 g/mol. The number of fused-ring (bicyclic) bond motifs is 2. The Kier molecular flexibility index (Phi) is 2.47. The number of ketones is 1. The summed E-state index contributed by atoms with van der Waals surface area (Å²) in [5.74, 6) is 1.84. The second-order valence-electron chi connectivity index (χ2n) is 6.08. The first-order valence-electron chi connectivity index (χ1n) is 7.35. The molecular weight excluding hydrogens is 248 g/mol. The van der Waals surface area contributed by atoms with Gasteiger partial charge in [-0.05, 0) is 36.8 Å². The van der Waals surface area contributed by atoms with Gasteiger partial charge in [-0.15, -0.1) is 0 Å². The molecular formula is C17H16N2O. The smallest absolute Gasteiger partial charge is 0.168 e. The zero-order chi connectivity index (χ0) is 13.7.